The molecule has 1 amide bonds. The van der Waals surface area contributed by atoms with Crippen molar-refractivity contribution in [3.05, 3.63) is 88.3 Å². The number of fused-ring (bicyclic) bond motifs is 1. The maximum Gasteiger partial charge on any atom is 0.278 e. The van der Waals surface area contributed by atoms with Gasteiger partial charge in [0.15, 0.2) is 5.65 Å². The number of carbonyl (C=O) groups excluding carboxylic acids is 1. The predicted molar refractivity (Wildman–Crippen MR) is 123 cm³/mol. The molecule has 0 aliphatic heterocycles. The molecule has 0 radical (unpaired) electrons. The summed E-state index contributed by atoms with van der Waals surface area (Å²) in [5.74, 6) is -0.192. The predicted octanol–water partition coefficient (Wildman–Crippen LogP) is 4.85. The Morgan fingerprint density at radius 1 is 1.03 bits per heavy atom. The Bertz CT molecular complexity index is 1310. The average molecular weight is 412 g/mol. The molecule has 0 atom stereocenters. The zero-order valence-electron chi connectivity index (χ0n) is 17.8. The molecule has 0 bridgehead atoms. The molecule has 0 aliphatic carbocycles. The normalized spacial score (nSPS) is 11.1. The minimum Gasteiger partial charge on any atom is -0.322 e. The van der Waals surface area contributed by atoms with Crippen molar-refractivity contribution in [2.45, 2.75) is 33.2 Å². The van der Waals surface area contributed by atoms with Crippen molar-refractivity contribution in [3.63, 3.8) is 0 Å². The third-order valence-corrected chi connectivity index (χ3v) is 5.23. The SMILES string of the molecule is CCc1ccccc1NC(=O)c1ccc(-c2nc3cccnc3n(C(C)C)c2=O)cc1. The van der Waals surface area contributed by atoms with Crippen LogP contribution in [0.2, 0.25) is 0 Å². The molecular formula is C25H24N4O2. The number of pyridine rings is 1. The molecule has 2 heterocycles. The van der Waals surface area contributed by atoms with Crippen molar-refractivity contribution >= 4 is 22.8 Å². The maximum atomic E-state index is 13.1. The summed E-state index contributed by atoms with van der Waals surface area (Å²) >= 11 is 0. The Morgan fingerprint density at radius 3 is 2.48 bits per heavy atom. The fourth-order valence-corrected chi connectivity index (χ4v) is 3.63. The van der Waals surface area contributed by atoms with Crippen LogP contribution in [0.25, 0.3) is 22.4 Å². The van der Waals surface area contributed by atoms with E-state index in [1.807, 2.05) is 44.2 Å². The number of nitrogens with one attached hydrogen (secondary N) is 1. The van der Waals surface area contributed by atoms with Gasteiger partial charge in [0.2, 0.25) is 0 Å². The van der Waals surface area contributed by atoms with E-state index < -0.39 is 0 Å². The van der Waals surface area contributed by atoms with Crippen molar-refractivity contribution in [2.75, 3.05) is 5.32 Å². The highest BCUT2D eigenvalue weighted by Crippen LogP contribution is 2.21. The minimum absolute atomic E-state index is 0.0599. The van der Waals surface area contributed by atoms with E-state index in [1.54, 1.807) is 41.1 Å². The Labute approximate surface area is 180 Å². The number of anilines is 1. The third kappa shape index (κ3) is 3.97. The van der Waals surface area contributed by atoms with E-state index in [-0.39, 0.29) is 17.5 Å². The fourth-order valence-electron chi connectivity index (χ4n) is 3.63. The van der Waals surface area contributed by atoms with Gasteiger partial charge in [-0.3, -0.25) is 14.2 Å². The maximum absolute atomic E-state index is 13.1. The van der Waals surface area contributed by atoms with E-state index in [1.165, 1.54) is 0 Å². The quantitative estimate of drug-likeness (QED) is 0.508. The second-order valence-corrected chi connectivity index (χ2v) is 7.62. The van der Waals surface area contributed by atoms with Gasteiger partial charge in [-0.25, -0.2) is 9.97 Å². The van der Waals surface area contributed by atoms with E-state index in [4.69, 9.17) is 0 Å². The first-order chi connectivity index (χ1) is 15.0. The van der Waals surface area contributed by atoms with Gasteiger partial charge in [0.05, 0.1) is 0 Å². The lowest BCUT2D eigenvalue weighted by molar-refractivity contribution is 0.102. The van der Waals surface area contributed by atoms with Gasteiger partial charge in [-0.15, -0.1) is 0 Å². The van der Waals surface area contributed by atoms with Gasteiger partial charge in [0.25, 0.3) is 11.5 Å². The number of para-hydroxylation sites is 1. The molecule has 4 aromatic rings. The molecule has 31 heavy (non-hydrogen) atoms. The number of hydrogen-bond acceptors (Lipinski definition) is 4. The van der Waals surface area contributed by atoms with E-state index in [9.17, 15) is 9.59 Å². The second-order valence-electron chi connectivity index (χ2n) is 7.62. The summed E-state index contributed by atoms with van der Waals surface area (Å²) < 4.78 is 1.65. The van der Waals surface area contributed by atoms with Gasteiger partial charge in [0, 0.05) is 29.1 Å². The van der Waals surface area contributed by atoms with Crippen LogP contribution in [0, 0.1) is 0 Å². The molecule has 6 heteroatoms. The summed E-state index contributed by atoms with van der Waals surface area (Å²) in [5, 5.41) is 2.97. The number of amides is 1. The van der Waals surface area contributed by atoms with Crippen LogP contribution in [0.3, 0.4) is 0 Å². The van der Waals surface area contributed by atoms with Gasteiger partial charge < -0.3 is 5.32 Å². The van der Waals surface area contributed by atoms with Crippen LogP contribution >= 0.6 is 0 Å². The van der Waals surface area contributed by atoms with E-state index in [0.29, 0.717) is 28.0 Å². The number of nitrogens with zero attached hydrogens (tertiary/aromatic N) is 3. The smallest absolute Gasteiger partial charge is 0.278 e. The highest BCUT2D eigenvalue weighted by molar-refractivity contribution is 6.04. The molecule has 0 unspecified atom stereocenters. The molecule has 0 fully saturated rings. The number of benzene rings is 2. The molecule has 0 aliphatic rings. The highest BCUT2D eigenvalue weighted by atomic mass is 16.1. The number of aromatic nitrogens is 3. The van der Waals surface area contributed by atoms with Crippen LogP contribution in [0.1, 0.15) is 42.7 Å². The third-order valence-electron chi connectivity index (χ3n) is 5.23. The molecule has 0 saturated carbocycles. The number of aryl methyl sites for hydroxylation is 1. The van der Waals surface area contributed by atoms with Crippen molar-refractivity contribution < 1.29 is 4.79 Å². The van der Waals surface area contributed by atoms with Crippen LogP contribution in [-0.4, -0.2) is 20.4 Å². The Kier molecular flexibility index (Phi) is 5.62. The summed E-state index contributed by atoms with van der Waals surface area (Å²) in [7, 11) is 0. The van der Waals surface area contributed by atoms with Crippen LogP contribution < -0.4 is 10.9 Å². The molecule has 2 aromatic heterocycles. The Hall–Kier alpha value is -3.80. The zero-order chi connectivity index (χ0) is 22.0. The standard InChI is InChI=1S/C25H24N4O2/c1-4-17-8-5-6-9-20(17)28-24(30)19-13-11-18(12-14-19)22-25(31)29(16(2)3)23-21(27-22)10-7-15-26-23/h5-16H,4H2,1-3H3,(H,28,30). The lowest BCUT2D eigenvalue weighted by Crippen LogP contribution is -2.25. The summed E-state index contributed by atoms with van der Waals surface area (Å²) in [6, 6.07) is 18.3. The summed E-state index contributed by atoms with van der Waals surface area (Å²) in [5.41, 5.74) is 4.43. The van der Waals surface area contributed by atoms with Gasteiger partial charge in [-0.2, -0.15) is 0 Å². The highest BCUT2D eigenvalue weighted by Gasteiger charge is 2.16. The second kappa shape index (κ2) is 8.52. The molecule has 0 saturated heterocycles. The summed E-state index contributed by atoms with van der Waals surface area (Å²) in [6.07, 6.45) is 2.49. The van der Waals surface area contributed by atoms with Crippen molar-refractivity contribution in [3.8, 4) is 11.3 Å². The van der Waals surface area contributed by atoms with Crippen LogP contribution in [0.4, 0.5) is 5.69 Å². The lowest BCUT2D eigenvalue weighted by atomic mass is 10.1. The van der Waals surface area contributed by atoms with Crippen LogP contribution in [0.15, 0.2) is 71.7 Å². The lowest BCUT2D eigenvalue weighted by Gasteiger charge is -2.14. The first-order valence-corrected chi connectivity index (χ1v) is 10.4. The largest absolute Gasteiger partial charge is 0.322 e. The molecule has 4 rings (SSSR count). The average Bonchev–Trinajstić information content (AvgIpc) is 2.79. The summed E-state index contributed by atoms with van der Waals surface area (Å²) in [4.78, 5) is 34.7. The minimum atomic E-state index is -0.199. The van der Waals surface area contributed by atoms with Crippen molar-refractivity contribution in [1.82, 2.24) is 14.5 Å². The summed E-state index contributed by atoms with van der Waals surface area (Å²) in [6.45, 7) is 5.94. The number of carbonyl (C=O) groups is 1. The number of hydrogen-bond donors (Lipinski definition) is 1. The molecule has 0 spiro atoms. The first-order valence-electron chi connectivity index (χ1n) is 10.4. The van der Waals surface area contributed by atoms with Gasteiger partial charge in [-0.05, 0) is 56.2 Å². The van der Waals surface area contributed by atoms with E-state index in [2.05, 4.69) is 22.2 Å². The van der Waals surface area contributed by atoms with Gasteiger partial charge in [0.1, 0.15) is 11.2 Å². The molecule has 2 aromatic carbocycles. The molecule has 6 nitrogen and oxygen atoms in total. The van der Waals surface area contributed by atoms with Crippen molar-refractivity contribution in [1.29, 1.82) is 0 Å². The monoisotopic (exact) mass is 412 g/mol. The van der Waals surface area contributed by atoms with E-state index >= 15 is 0 Å². The topological polar surface area (TPSA) is 76.9 Å². The number of rotatable bonds is 5. The van der Waals surface area contributed by atoms with Gasteiger partial charge in [-0.1, -0.05) is 37.3 Å². The van der Waals surface area contributed by atoms with Gasteiger partial charge >= 0.3 is 0 Å². The Balaban J connectivity index is 1.69. The fraction of sp³-hybridized carbons (Fsp3) is 0.200. The zero-order valence-corrected chi connectivity index (χ0v) is 17.8. The molecule has 156 valence electrons. The van der Waals surface area contributed by atoms with Crippen LogP contribution in [-0.2, 0) is 6.42 Å². The first kappa shape index (κ1) is 20.5. The van der Waals surface area contributed by atoms with Crippen LogP contribution in [0.5, 0.6) is 0 Å². The van der Waals surface area contributed by atoms with E-state index in [0.717, 1.165) is 17.7 Å². The van der Waals surface area contributed by atoms with Crippen molar-refractivity contribution in [2.24, 2.45) is 0 Å². The Morgan fingerprint density at radius 2 is 1.77 bits per heavy atom. The molecular weight excluding hydrogens is 388 g/mol. The molecule has 1 N–H and O–H groups in total.